The highest BCUT2D eigenvalue weighted by molar-refractivity contribution is 7.99. The van der Waals surface area contributed by atoms with Crippen LogP contribution in [0.3, 0.4) is 0 Å². The van der Waals surface area contributed by atoms with E-state index in [0.717, 1.165) is 24.5 Å². The third kappa shape index (κ3) is 3.01. The molecular formula is C16H24N2OS2. The van der Waals surface area contributed by atoms with E-state index >= 15 is 0 Å². The summed E-state index contributed by atoms with van der Waals surface area (Å²) >= 11 is 3.80. The first-order chi connectivity index (χ1) is 10.2. The number of rotatable bonds is 5. The van der Waals surface area contributed by atoms with Gasteiger partial charge in [0.1, 0.15) is 6.17 Å². The smallest absolute Gasteiger partial charge is 0.241 e. The second-order valence-corrected chi connectivity index (χ2v) is 8.39. The highest BCUT2D eigenvalue weighted by Gasteiger charge is 2.44. The SMILES string of the molecule is CCSC1CCC(N2C(=O)C(CC)NC2c2cccs2)C1. The van der Waals surface area contributed by atoms with Crippen LogP contribution < -0.4 is 5.32 Å². The minimum atomic E-state index is -0.00465. The number of thiophene rings is 1. The van der Waals surface area contributed by atoms with Crippen LogP contribution in [0.5, 0.6) is 0 Å². The molecule has 1 aromatic rings. The van der Waals surface area contributed by atoms with Crippen molar-refractivity contribution >= 4 is 29.0 Å². The Kier molecular flexibility index (Phi) is 4.92. The number of nitrogens with zero attached hydrogens (tertiary/aromatic N) is 1. The van der Waals surface area contributed by atoms with Gasteiger partial charge in [-0.05, 0) is 42.9 Å². The molecule has 2 heterocycles. The molecular weight excluding hydrogens is 300 g/mol. The van der Waals surface area contributed by atoms with E-state index in [1.54, 1.807) is 11.3 Å². The molecule has 1 amide bonds. The predicted molar refractivity (Wildman–Crippen MR) is 90.7 cm³/mol. The molecule has 4 unspecified atom stereocenters. The molecule has 116 valence electrons. The zero-order valence-corrected chi connectivity index (χ0v) is 14.4. The van der Waals surface area contributed by atoms with Crippen LogP contribution in [0, 0.1) is 0 Å². The Bertz CT molecular complexity index is 477. The van der Waals surface area contributed by atoms with Crippen LogP contribution in [-0.4, -0.2) is 33.9 Å². The number of carbonyl (C=O) groups excluding carboxylic acids is 1. The van der Waals surface area contributed by atoms with Crippen molar-refractivity contribution < 1.29 is 4.79 Å². The molecule has 0 aromatic carbocycles. The number of thioether (sulfide) groups is 1. The van der Waals surface area contributed by atoms with Crippen LogP contribution >= 0.6 is 23.1 Å². The fraction of sp³-hybridized carbons (Fsp3) is 0.688. The summed E-state index contributed by atoms with van der Waals surface area (Å²) in [5, 5.41) is 6.38. The molecule has 1 aliphatic carbocycles. The van der Waals surface area contributed by atoms with E-state index in [0.29, 0.717) is 11.9 Å². The lowest BCUT2D eigenvalue weighted by molar-refractivity contribution is -0.132. The van der Waals surface area contributed by atoms with Gasteiger partial charge in [0.25, 0.3) is 0 Å². The maximum Gasteiger partial charge on any atom is 0.241 e. The maximum absolute atomic E-state index is 12.8. The van der Waals surface area contributed by atoms with E-state index in [1.165, 1.54) is 17.1 Å². The molecule has 1 aliphatic heterocycles. The normalized spacial score (nSPS) is 33.0. The fourth-order valence-electron chi connectivity index (χ4n) is 3.56. The van der Waals surface area contributed by atoms with E-state index < -0.39 is 0 Å². The minimum Gasteiger partial charge on any atom is -0.318 e. The molecule has 1 saturated carbocycles. The Balaban J connectivity index is 1.78. The average Bonchev–Trinajstić information content (AvgIpc) is 3.18. The van der Waals surface area contributed by atoms with Crippen LogP contribution in [0.4, 0.5) is 0 Å². The summed E-state index contributed by atoms with van der Waals surface area (Å²) in [6, 6.07) is 4.63. The Hall–Kier alpha value is -0.520. The molecule has 3 nitrogen and oxygen atoms in total. The zero-order chi connectivity index (χ0) is 14.8. The quantitative estimate of drug-likeness (QED) is 0.897. The topological polar surface area (TPSA) is 32.3 Å². The molecule has 3 rings (SSSR count). The number of hydrogen-bond donors (Lipinski definition) is 1. The van der Waals surface area contributed by atoms with Gasteiger partial charge in [-0.3, -0.25) is 10.1 Å². The lowest BCUT2D eigenvalue weighted by Crippen LogP contribution is -2.38. The Morgan fingerprint density at radius 2 is 2.29 bits per heavy atom. The molecule has 2 aliphatic rings. The Morgan fingerprint density at radius 3 is 2.95 bits per heavy atom. The molecule has 21 heavy (non-hydrogen) atoms. The number of carbonyl (C=O) groups is 1. The molecule has 1 saturated heterocycles. The van der Waals surface area contributed by atoms with Gasteiger partial charge in [0.15, 0.2) is 0 Å². The molecule has 0 spiro atoms. The van der Waals surface area contributed by atoms with Crippen LogP contribution in [0.1, 0.15) is 50.6 Å². The first kappa shape index (κ1) is 15.4. The van der Waals surface area contributed by atoms with Crippen molar-refractivity contribution in [2.45, 2.75) is 63.0 Å². The summed E-state index contributed by atoms with van der Waals surface area (Å²) in [5.41, 5.74) is 0. The van der Waals surface area contributed by atoms with E-state index in [9.17, 15) is 4.79 Å². The molecule has 4 atom stereocenters. The largest absolute Gasteiger partial charge is 0.318 e. The molecule has 1 aromatic heterocycles. The highest BCUT2D eigenvalue weighted by Crippen LogP contribution is 2.39. The van der Waals surface area contributed by atoms with E-state index in [4.69, 9.17) is 0 Å². The van der Waals surface area contributed by atoms with Crippen LogP contribution in [0.25, 0.3) is 0 Å². The highest BCUT2D eigenvalue weighted by atomic mass is 32.2. The first-order valence-corrected chi connectivity index (χ1v) is 9.90. The fourth-order valence-corrected chi connectivity index (χ4v) is 5.47. The summed E-state index contributed by atoms with van der Waals surface area (Å²) in [5.74, 6) is 1.48. The lowest BCUT2D eigenvalue weighted by Gasteiger charge is -2.29. The second-order valence-electron chi connectivity index (χ2n) is 5.84. The molecule has 2 fully saturated rings. The van der Waals surface area contributed by atoms with Crippen molar-refractivity contribution in [3.05, 3.63) is 22.4 Å². The summed E-state index contributed by atoms with van der Waals surface area (Å²) < 4.78 is 0. The van der Waals surface area contributed by atoms with Crippen molar-refractivity contribution in [2.24, 2.45) is 0 Å². The monoisotopic (exact) mass is 324 g/mol. The number of hydrogen-bond acceptors (Lipinski definition) is 4. The zero-order valence-electron chi connectivity index (χ0n) is 12.7. The van der Waals surface area contributed by atoms with Gasteiger partial charge >= 0.3 is 0 Å². The number of amides is 1. The predicted octanol–water partition coefficient (Wildman–Crippen LogP) is 3.63. The summed E-state index contributed by atoms with van der Waals surface area (Å²) in [7, 11) is 0. The van der Waals surface area contributed by atoms with Crippen LogP contribution in [-0.2, 0) is 4.79 Å². The van der Waals surface area contributed by atoms with Gasteiger partial charge in [-0.15, -0.1) is 11.3 Å². The van der Waals surface area contributed by atoms with Gasteiger partial charge in [-0.1, -0.05) is 19.9 Å². The van der Waals surface area contributed by atoms with Crippen molar-refractivity contribution in [1.82, 2.24) is 10.2 Å². The third-order valence-corrected chi connectivity index (χ3v) is 6.72. The van der Waals surface area contributed by atoms with E-state index in [1.807, 2.05) is 0 Å². The Morgan fingerprint density at radius 1 is 1.43 bits per heavy atom. The number of nitrogens with one attached hydrogen (secondary N) is 1. The van der Waals surface area contributed by atoms with Crippen molar-refractivity contribution in [2.75, 3.05) is 5.75 Å². The van der Waals surface area contributed by atoms with Gasteiger partial charge in [-0.25, -0.2) is 0 Å². The van der Waals surface area contributed by atoms with E-state index in [-0.39, 0.29) is 12.2 Å². The van der Waals surface area contributed by atoms with Crippen molar-refractivity contribution in [1.29, 1.82) is 0 Å². The maximum atomic E-state index is 12.8. The van der Waals surface area contributed by atoms with E-state index in [2.05, 4.69) is 53.3 Å². The summed E-state index contributed by atoms with van der Waals surface area (Å²) in [6.07, 6.45) is 4.53. The molecule has 5 heteroatoms. The Labute approximate surface area is 135 Å². The van der Waals surface area contributed by atoms with Crippen LogP contribution in [0.2, 0.25) is 0 Å². The van der Waals surface area contributed by atoms with Gasteiger partial charge < -0.3 is 4.90 Å². The van der Waals surface area contributed by atoms with Crippen molar-refractivity contribution in [3.63, 3.8) is 0 Å². The van der Waals surface area contributed by atoms with Gasteiger partial charge in [0.05, 0.1) is 6.04 Å². The van der Waals surface area contributed by atoms with Crippen LogP contribution in [0.15, 0.2) is 17.5 Å². The first-order valence-electron chi connectivity index (χ1n) is 7.97. The molecule has 0 bridgehead atoms. The van der Waals surface area contributed by atoms with Crippen molar-refractivity contribution in [3.8, 4) is 0 Å². The summed E-state index contributed by atoms with van der Waals surface area (Å²) in [4.78, 5) is 16.2. The average molecular weight is 325 g/mol. The molecule has 0 radical (unpaired) electrons. The standard InChI is InChI=1S/C16H24N2OS2/c1-3-13-16(19)18(11-7-8-12(10-11)20-4-2)15(17-13)14-6-5-9-21-14/h5-6,9,11-13,15,17H,3-4,7-8,10H2,1-2H3. The minimum absolute atomic E-state index is 0.00465. The lowest BCUT2D eigenvalue weighted by atomic mass is 10.1. The second kappa shape index (κ2) is 6.71. The molecule has 1 N–H and O–H groups in total. The van der Waals surface area contributed by atoms with Gasteiger partial charge in [0, 0.05) is 16.2 Å². The van der Waals surface area contributed by atoms with Gasteiger partial charge in [-0.2, -0.15) is 11.8 Å². The third-order valence-electron chi connectivity index (χ3n) is 4.56. The van der Waals surface area contributed by atoms with Gasteiger partial charge in [0.2, 0.25) is 5.91 Å². The summed E-state index contributed by atoms with van der Waals surface area (Å²) in [6.45, 7) is 4.32.